The number of carbonyl (C=O) groups is 1. The summed E-state index contributed by atoms with van der Waals surface area (Å²) in [7, 11) is 0. The number of nitrogens with one attached hydrogen (secondary N) is 1. The van der Waals surface area contributed by atoms with E-state index < -0.39 is 6.10 Å². The summed E-state index contributed by atoms with van der Waals surface area (Å²) in [5.74, 6) is -0.0272. The molecule has 18 heavy (non-hydrogen) atoms. The zero-order chi connectivity index (χ0) is 13.7. The van der Waals surface area contributed by atoms with Crippen LogP contribution in [0.1, 0.15) is 38.8 Å². The number of halogens is 1. The third kappa shape index (κ3) is 4.78. The van der Waals surface area contributed by atoms with Crippen molar-refractivity contribution in [1.29, 1.82) is 0 Å². The molecule has 1 amide bonds. The van der Waals surface area contributed by atoms with E-state index in [1.165, 1.54) is 0 Å². The quantitative estimate of drug-likeness (QED) is 0.878. The lowest BCUT2D eigenvalue weighted by molar-refractivity contribution is -0.124. The molecule has 0 fully saturated rings. The highest BCUT2D eigenvalue weighted by Crippen LogP contribution is 2.18. The van der Waals surface area contributed by atoms with Crippen molar-refractivity contribution in [3.05, 3.63) is 34.3 Å². The van der Waals surface area contributed by atoms with Gasteiger partial charge in [0.15, 0.2) is 0 Å². The van der Waals surface area contributed by atoms with Gasteiger partial charge in [-0.15, -0.1) is 0 Å². The molecule has 0 saturated carbocycles. The van der Waals surface area contributed by atoms with Gasteiger partial charge in [-0.05, 0) is 30.5 Å². The van der Waals surface area contributed by atoms with E-state index in [-0.39, 0.29) is 24.3 Å². The summed E-state index contributed by atoms with van der Waals surface area (Å²) < 4.78 is 0.989. The zero-order valence-electron chi connectivity index (χ0n) is 11.0. The second-order valence-corrected chi connectivity index (χ2v) is 5.78. The minimum absolute atomic E-state index is 0.0608. The molecule has 1 aromatic carbocycles. The van der Waals surface area contributed by atoms with Gasteiger partial charge in [0.25, 0.3) is 0 Å². The first-order valence-corrected chi connectivity index (χ1v) is 6.92. The van der Waals surface area contributed by atoms with Crippen molar-refractivity contribution in [2.75, 3.05) is 0 Å². The largest absolute Gasteiger partial charge is 0.392 e. The first-order valence-electron chi connectivity index (χ1n) is 6.13. The number of benzene rings is 1. The van der Waals surface area contributed by atoms with Gasteiger partial charge in [-0.1, -0.05) is 41.9 Å². The van der Waals surface area contributed by atoms with Crippen LogP contribution in [0.15, 0.2) is 28.7 Å². The molecule has 1 rings (SSSR count). The van der Waals surface area contributed by atoms with Crippen molar-refractivity contribution in [3.8, 4) is 0 Å². The molecule has 0 aliphatic carbocycles. The highest BCUT2D eigenvalue weighted by Gasteiger charge is 2.16. The molecule has 0 aliphatic rings. The number of rotatable bonds is 5. The Labute approximate surface area is 117 Å². The number of carbonyl (C=O) groups excluding carboxylic acids is 1. The number of hydrogen-bond acceptors (Lipinski definition) is 2. The molecule has 2 N–H and O–H groups in total. The minimum Gasteiger partial charge on any atom is -0.392 e. The van der Waals surface area contributed by atoms with Crippen LogP contribution in [0.4, 0.5) is 0 Å². The predicted molar refractivity (Wildman–Crippen MR) is 76.2 cm³/mol. The van der Waals surface area contributed by atoms with E-state index in [2.05, 4.69) is 21.2 Å². The van der Waals surface area contributed by atoms with Gasteiger partial charge in [0.2, 0.25) is 5.91 Å². The van der Waals surface area contributed by atoms with Crippen molar-refractivity contribution in [3.63, 3.8) is 0 Å². The van der Waals surface area contributed by atoms with Gasteiger partial charge in [-0.3, -0.25) is 4.79 Å². The van der Waals surface area contributed by atoms with Crippen LogP contribution in [0.3, 0.4) is 0 Å². The highest BCUT2D eigenvalue weighted by molar-refractivity contribution is 9.10. The molecule has 3 nitrogen and oxygen atoms in total. The fraction of sp³-hybridized carbons (Fsp3) is 0.500. The maximum atomic E-state index is 11.7. The summed E-state index contributed by atoms with van der Waals surface area (Å²) in [6, 6.07) is 7.76. The molecule has 0 aliphatic heterocycles. The Morgan fingerprint density at radius 2 is 2.06 bits per heavy atom. The maximum Gasteiger partial charge on any atom is 0.223 e. The Morgan fingerprint density at radius 3 is 2.61 bits per heavy atom. The van der Waals surface area contributed by atoms with Crippen LogP contribution >= 0.6 is 15.9 Å². The normalized spacial score (nSPS) is 14.3. The Hall–Kier alpha value is -0.870. The zero-order valence-corrected chi connectivity index (χ0v) is 12.6. The Kier molecular flexibility index (Phi) is 5.82. The molecule has 0 aromatic heterocycles. The Bertz CT molecular complexity index is 407. The number of aliphatic hydroxyl groups excluding tert-OH is 1. The second kappa shape index (κ2) is 6.90. The van der Waals surface area contributed by atoms with E-state index in [1.807, 2.05) is 45.0 Å². The number of hydrogen-bond donors (Lipinski definition) is 2. The van der Waals surface area contributed by atoms with E-state index in [1.54, 1.807) is 0 Å². The standard InChI is InChI=1S/C14H20BrNO2/c1-9(2)13(17)8-14(18)16-10(3)11-5-4-6-12(15)7-11/h4-7,9-10,13,17H,8H2,1-3H3,(H,16,18). The minimum atomic E-state index is -0.584. The molecule has 2 unspecified atom stereocenters. The predicted octanol–water partition coefficient (Wildman–Crippen LogP) is 3.03. The van der Waals surface area contributed by atoms with Crippen LogP contribution in [0.25, 0.3) is 0 Å². The molecule has 1 aromatic rings. The summed E-state index contributed by atoms with van der Waals surface area (Å²) in [5.41, 5.74) is 1.04. The average Bonchev–Trinajstić information content (AvgIpc) is 2.28. The van der Waals surface area contributed by atoms with Crippen molar-refractivity contribution >= 4 is 21.8 Å². The molecule has 0 spiro atoms. The summed E-state index contributed by atoms with van der Waals surface area (Å²) in [4.78, 5) is 11.7. The van der Waals surface area contributed by atoms with Gasteiger partial charge < -0.3 is 10.4 Å². The molecule has 2 atom stereocenters. The number of amides is 1. The van der Waals surface area contributed by atoms with Gasteiger partial charge in [-0.2, -0.15) is 0 Å². The molecule has 100 valence electrons. The summed E-state index contributed by atoms with van der Waals surface area (Å²) >= 11 is 3.40. The van der Waals surface area contributed by atoms with E-state index in [0.717, 1.165) is 10.0 Å². The second-order valence-electron chi connectivity index (χ2n) is 4.86. The van der Waals surface area contributed by atoms with Gasteiger partial charge in [0.05, 0.1) is 18.6 Å². The van der Waals surface area contributed by atoms with Gasteiger partial charge in [0, 0.05) is 4.47 Å². The fourth-order valence-electron chi connectivity index (χ4n) is 1.59. The van der Waals surface area contributed by atoms with Gasteiger partial charge in [0.1, 0.15) is 0 Å². The Morgan fingerprint density at radius 1 is 1.39 bits per heavy atom. The van der Waals surface area contributed by atoms with E-state index >= 15 is 0 Å². The topological polar surface area (TPSA) is 49.3 Å². The molecule has 0 heterocycles. The molecular weight excluding hydrogens is 294 g/mol. The lowest BCUT2D eigenvalue weighted by atomic mass is 10.0. The van der Waals surface area contributed by atoms with Crippen LogP contribution in [0, 0.1) is 5.92 Å². The van der Waals surface area contributed by atoms with Crippen LogP contribution in [0.2, 0.25) is 0 Å². The Balaban J connectivity index is 2.54. The van der Waals surface area contributed by atoms with Gasteiger partial charge >= 0.3 is 0 Å². The first kappa shape index (κ1) is 15.2. The number of aliphatic hydroxyl groups is 1. The third-order valence-corrected chi connectivity index (χ3v) is 3.38. The monoisotopic (exact) mass is 313 g/mol. The summed E-state index contributed by atoms with van der Waals surface area (Å²) in [6.45, 7) is 5.73. The third-order valence-electron chi connectivity index (χ3n) is 2.89. The van der Waals surface area contributed by atoms with E-state index in [9.17, 15) is 9.90 Å². The van der Waals surface area contributed by atoms with Crippen LogP contribution < -0.4 is 5.32 Å². The van der Waals surface area contributed by atoms with E-state index in [0.29, 0.717) is 0 Å². The maximum absolute atomic E-state index is 11.7. The molecule has 0 saturated heterocycles. The molecule has 4 heteroatoms. The molecule has 0 bridgehead atoms. The van der Waals surface area contributed by atoms with Crippen molar-refractivity contribution in [2.24, 2.45) is 5.92 Å². The highest BCUT2D eigenvalue weighted by atomic mass is 79.9. The summed E-state index contributed by atoms with van der Waals surface area (Å²) in [5, 5.41) is 12.5. The smallest absolute Gasteiger partial charge is 0.223 e. The summed E-state index contributed by atoms with van der Waals surface area (Å²) in [6.07, 6.45) is -0.435. The molecule has 0 radical (unpaired) electrons. The van der Waals surface area contributed by atoms with Crippen molar-refractivity contribution in [2.45, 2.75) is 39.3 Å². The average molecular weight is 314 g/mol. The van der Waals surface area contributed by atoms with Crippen LogP contribution in [-0.4, -0.2) is 17.1 Å². The lowest BCUT2D eigenvalue weighted by Gasteiger charge is -2.18. The van der Waals surface area contributed by atoms with Gasteiger partial charge in [-0.25, -0.2) is 0 Å². The van der Waals surface area contributed by atoms with Crippen LogP contribution in [0.5, 0.6) is 0 Å². The van der Waals surface area contributed by atoms with Crippen LogP contribution in [-0.2, 0) is 4.79 Å². The lowest BCUT2D eigenvalue weighted by Crippen LogP contribution is -2.31. The van der Waals surface area contributed by atoms with E-state index in [4.69, 9.17) is 0 Å². The fourth-order valence-corrected chi connectivity index (χ4v) is 2.00. The first-order chi connectivity index (χ1) is 8.40. The SMILES string of the molecule is CC(NC(=O)CC(O)C(C)C)c1cccc(Br)c1. The van der Waals surface area contributed by atoms with Crippen molar-refractivity contribution in [1.82, 2.24) is 5.32 Å². The molecular formula is C14H20BrNO2. The van der Waals surface area contributed by atoms with Crippen molar-refractivity contribution < 1.29 is 9.90 Å².